The number of aryl methyl sites for hydroxylation is 1. The number of hydrogen-bond donors (Lipinski definition) is 1. The summed E-state index contributed by atoms with van der Waals surface area (Å²) >= 11 is 6.07. The van der Waals surface area contributed by atoms with E-state index in [-0.39, 0.29) is 5.41 Å². The molecule has 3 aromatic rings. The summed E-state index contributed by atoms with van der Waals surface area (Å²) in [6, 6.07) is 13.8. The van der Waals surface area contributed by atoms with Crippen molar-refractivity contribution in [3.63, 3.8) is 0 Å². The van der Waals surface area contributed by atoms with Gasteiger partial charge in [0.2, 0.25) is 0 Å². The lowest BCUT2D eigenvalue weighted by molar-refractivity contribution is 0.568. The minimum Gasteiger partial charge on any atom is -0.399 e. The Kier molecular flexibility index (Phi) is 3.18. The number of nitrogens with two attached hydrogens (primary N) is 1. The van der Waals surface area contributed by atoms with E-state index < -0.39 is 0 Å². The van der Waals surface area contributed by atoms with Crippen LogP contribution in [-0.2, 0) is 12.5 Å². The molecule has 0 aliphatic heterocycles. The number of nitrogens with zero attached hydrogens (tertiary/aromatic N) is 2. The number of hydrogen-bond acceptors (Lipinski definition) is 2. The quantitative estimate of drug-likeness (QED) is 0.723. The molecular formula is C17H18ClN3. The average Bonchev–Trinajstić information content (AvgIpc) is 2.76. The van der Waals surface area contributed by atoms with Crippen LogP contribution in [0.25, 0.3) is 11.0 Å². The number of aromatic nitrogens is 2. The topological polar surface area (TPSA) is 43.8 Å². The Morgan fingerprint density at radius 3 is 2.43 bits per heavy atom. The van der Waals surface area contributed by atoms with E-state index in [0.29, 0.717) is 5.02 Å². The lowest BCUT2D eigenvalue weighted by Crippen LogP contribution is -2.23. The number of fused-ring (bicyclic) bond motifs is 1. The van der Waals surface area contributed by atoms with Gasteiger partial charge < -0.3 is 10.3 Å². The molecule has 0 saturated carbocycles. The van der Waals surface area contributed by atoms with E-state index in [4.69, 9.17) is 22.3 Å². The molecule has 0 bridgehead atoms. The molecule has 2 N–H and O–H groups in total. The zero-order valence-corrected chi connectivity index (χ0v) is 13.1. The van der Waals surface area contributed by atoms with E-state index in [9.17, 15) is 0 Å². The Bertz CT molecular complexity index is 801. The molecule has 0 radical (unpaired) electrons. The number of halogens is 1. The third-order valence-corrected chi connectivity index (χ3v) is 4.27. The summed E-state index contributed by atoms with van der Waals surface area (Å²) in [6.45, 7) is 4.34. The Morgan fingerprint density at radius 1 is 1.10 bits per heavy atom. The van der Waals surface area contributed by atoms with E-state index in [1.54, 1.807) is 0 Å². The number of nitrogen functional groups attached to an aromatic ring is 1. The maximum Gasteiger partial charge on any atom is 0.119 e. The van der Waals surface area contributed by atoms with Crippen LogP contribution >= 0.6 is 11.6 Å². The van der Waals surface area contributed by atoms with Crippen molar-refractivity contribution in [2.24, 2.45) is 7.05 Å². The highest BCUT2D eigenvalue weighted by Gasteiger charge is 2.28. The zero-order valence-electron chi connectivity index (χ0n) is 12.4. The van der Waals surface area contributed by atoms with Crippen LogP contribution in [0.2, 0.25) is 5.02 Å². The lowest BCUT2D eigenvalue weighted by atomic mass is 9.83. The highest BCUT2D eigenvalue weighted by molar-refractivity contribution is 6.31. The average molecular weight is 300 g/mol. The first kappa shape index (κ1) is 14.0. The molecule has 0 spiro atoms. The fourth-order valence-corrected chi connectivity index (χ4v) is 2.93. The predicted octanol–water partition coefficient (Wildman–Crippen LogP) is 4.13. The van der Waals surface area contributed by atoms with Crippen LogP contribution in [0.1, 0.15) is 25.2 Å². The second kappa shape index (κ2) is 4.78. The van der Waals surface area contributed by atoms with E-state index in [2.05, 4.69) is 30.5 Å². The van der Waals surface area contributed by atoms with Crippen LogP contribution in [0.5, 0.6) is 0 Å². The van der Waals surface area contributed by atoms with Gasteiger partial charge in [0.1, 0.15) is 5.82 Å². The summed E-state index contributed by atoms with van der Waals surface area (Å²) < 4.78 is 2.13. The molecule has 0 aliphatic rings. The van der Waals surface area contributed by atoms with Crippen molar-refractivity contribution in [2.75, 3.05) is 5.73 Å². The van der Waals surface area contributed by atoms with Crippen molar-refractivity contribution in [1.82, 2.24) is 9.55 Å². The smallest absolute Gasteiger partial charge is 0.119 e. The largest absolute Gasteiger partial charge is 0.399 e. The zero-order chi connectivity index (χ0) is 15.2. The van der Waals surface area contributed by atoms with E-state index in [1.165, 1.54) is 5.56 Å². The van der Waals surface area contributed by atoms with Gasteiger partial charge in [0.05, 0.1) is 11.0 Å². The van der Waals surface area contributed by atoms with Crippen LogP contribution in [0.4, 0.5) is 5.69 Å². The van der Waals surface area contributed by atoms with Crippen LogP contribution < -0.4 is 5.73 Å². The van der Waals surface area contributed by atoms with E-state index in [0.717, 1.165) is 22.5 Å². The molecule has 0 aliphatic carbocycles. The van der Waals surface area contributed by atoms with Crippen molar-refractivity contribution in [3.05, 3.63) is 58.9 Å². The molecule has 21 heavy (non-hydrogen) atoms. The standard InChI is InChI=1S/C17H18ClN3/c1-17(2,11-4-7-13(19)8-5-11)16-20-14-10-12(18)6-9-15(14)21(16)3/h4-10H,19H2,1-3H3. The van der Waals surface area contributed by atoms with Gasteiger partial charge in [-0.15, -0.1) is 0 Å². The molecule has 0 amide bonds. The molecular weight excluding hydrogens is 282 g/mol. The molecule has 108 valence electrons. The van der Waals surface area contributed by atoms with Crippen molar-refractivity contribution >= 4 is 28.3 Å². The molecule has 0 atom stereocenters. The van der Waals surface area contributed by atoms with Gasteiger partial charge in [0.25, 0.3) is 0 Å². The van der Waals surface area contributed by atoms with Gasteiger partial charge in [-0.1, -0.05) is 23.7 Å². The second-order valence-corrected chi connectivity index (χ2v) is 6.31. The molecule has 0 fully saturated rings. The molecule has 1 aromatic heterocycles. The Hall–Kier alpha value is -2.00. The minimum absolute atomic E-state index is 0.214. The number of imidazole rings is 1. The van der Waals surface area contributed by atoms with Crippen LogP contribution in [0.3, 0.4) is 0 Å². The van der Waals surface area contributed by atoms with Crippen LogP contribution in [-0.4, -0.2) is 9.55 Å². The van der Waals surface area contributed by atoms with Crippen molar-refractivity contribution in [1.29, 1.82) is 0 Å². The molecule has 1 heterocycles. The van der Waals surface area contributed by atoms with Gasteiger partial charge in [-0.25, -0.2) is 4.98 Å². The normalized spacial score (nSPS) is 12.0. The van der Waals surface area contributed by atoms with Gasteiger partial charge in [0, 0.05) is 23.2 Å². The van der Waals surface area contributed by atoms with Gasteiger partial charge in [-0.05, 0) is 49.7 Å². The highest BCUT2D eigenvalue weighted by atomic mass is 35.5. The Balaban J connectivity index is 2.18. The molecule has 0 saturated heterocycles. The van der Waals surface area contributed by atoms with Gasteiger partial charge in [0.15, 0.2) is 0 Å². The van der Waals surface area contributed by atoms with Gasteiger partial charge >= 0.3 is 0 Å². The van der Waals surface area contributed by atoms with Crippen LogP contribution in [0.15, 0.2) is 42.5 Å². The summed E-state index contributed by atoms with van der Waals surface area (Å²) in [6.07, 6.45) is 0. The highest BCUT2D eigenvalue weighted by Crippen LogP contribution is 2.33. The van der Waals surface area contributed by atoms with E-state index in [1.807, 2.05) is 37.4 Å². The summed E-state index contributed by atoms with van der Waals surface area (Å²) in [5, 5.41) is 0.706. The number of benzene rings is 2. The molecule has 3 nitrogen and oxygen atoms in total. The Morgan fingerprint density at radius 2 is 1.76 bits per heavy atom. The lowest BCUT2D eigenvalue weighted by Gasteiger charge is -2.25. The van der Waals surface area contributed by atoms with Crippen molar-refractivity contribution in [3.8, 4) is 0 Å². The van der Waals surface area contributed by atoms with Crippen molar-refractivity contribution in [2.45, 2.75) is 19.3 Å². The second-order valence-electron chi connectivity index (χ2n) is 5.87. The number of rotatable bonds is 2. The third-order valence-electron chi connectivity index (χ3n) is 4.03. The maximum absolute atomic E-state index is 6.07. The molecule has 2 aromatic carbocycles. The fourth-order valence-electron chi connectivity index (χ4n) is 2.76. The van der Waals surface area contributed by atoms with Crippen molar-refractivity contribution < 1.29 is 0 Å². The first-order valence-electron chi connectivity index (χ1n) is 6.88. The summed E-state index contributed by atoms with van der Waals surface area (Å²) in [7, 11) is 2.04. The summed E-state index contributed by atoms with van der Waals surface area (Å²) in [4.78, 5) is 4.79. The first-order chi connectivity index (χ1) is 9.89. The first-order valence-corrected chi connectivity index (χ1v) is 7.26. The van der Waals surface area contributed by atoms with E-state index >= 15 is 0 Å². The molecule has 0 unspecified atom stereocenters. The van der Waals surface area contributed by atoms with Crippen LogP contribution in [0, 0.1) is 0 Å². The SMILES string of the molecule is Cn1c(C(C)(C)c2ccc(N)cc2)nc2cc(Cl)ccc21. The summed E-state index contributed by atoms with van der Waals surface area (Å²) in [5.74, 6) is 1.00. The third kappa shape index (κ3) is 2.28. The fraction of sp³-hybridized carbons (Fsp3) is 0.235. The minimum atomic E-state index is -0.214. The van der Waals surface area contributed by atoms with Gasteiger partial charge in [-0.3, -0.25) is 0 Å². The number of anilines is 1. The monoisotopic (exact) mass is 299 g/mol. The molecule has 4 heteroatoms. The Labute approximate surface area is 129 Å². The predicted molar refractivity (Wildman–Crippen MR) is 88.7 cm³/mol. The summed E-state index contributed by atoms with van der Waals surface area (Å²) in [5.41, 5.74) is 9.52. The molecule has 3 rings (SSSR count). The van der Waals surface area contributed by atoms with Gasteiger partial charge in [-0.2, -0.15) is 0 Å². The maximum atomic E-state index is 6.07.